The number of ether oxygens (including phenoxy) is 1. The van der Waals surface area contributed by atoms with Crippen molar-refractivity contribution in [3.8, 4) is 5.75 Å². The van der Waals surface area contributed by atoms with E-state index in [1.54, 1.807) is 30.3 Å². The predicted molar refractivity (Wildman–Crippen MR) is 106 cm³/mol. The Hall–Kier alpha value is -3.92. The number of urea groups is 1. The molecule has 0 aliphatic carbocycles. The average Bonchev–Trinajstić information content (AvgIpc) is 3.41. The maximum Gasteiger partial charge on any atom is 0.322 e. The number of rotatable bonds is 5. The van der Waals surface area contributed by atoms with Gasteiger partial charge < -0.3 is 24.5 Å². The molecule has 1 fully saturated rings. The fourth-order valence-electron chi connectivity index (χ4n) is 3.99. The Kier molecular flexibility index (Phi) is 4.19. The van der Waals surface area contributed by atoms with Crippen molar-refractivity contribution in [1.29, 1.82) is 0 Å². The average molecular weight is 422 g/mol. The van der Waals surface area contributed by atoms with Gasteiger partial charge in [0.05, 0.1) is 20.3 Å². The number of aliphatic hydroxyl groups excluding tert-OH is 1. The number of carbonyl (C=O) groups is 3. The fourth-order valence-corrected chi connectivity index (χ4v) is 3.99. The van der Waals surface area contributed by atoms with Crippen molar-refractivity contribution >= 4 is 28.9 Å². The van der Waals surface area contributed by atoms with Crippen LogP contribution in [0.1, 0.15) is 27.2 Å². The van der Waals surface area contributed by atoms with E-state index in [1.165, 1.54) is 18.2 Å². The van der Waals surface area contributed by atoms with E-state index < -0.39 is 17.5 Å². The summed E-state index contributed by atoms with van der Waals surface area (Å²) >= 11 is 0. The van der Waals surface area contributed by atoms with Gasteiger partial charge in [-0.25, -0.2) is 4.79 Å². The van der Waals surface area contributed by atoms with Gasteiger partial charge in [0.2, 0.25) is 0 Å². The minimum atomic E-state index is -1.61. The Morgan fingerprint density at radius 2 is 2.10 bits per heavy atom. The van der Waals surface area contributed by atoms with Gasteiger partial charge in [-0.2, -0.15) is 0 Å². The summed E-state index contributed by atoms with van der Waals surface area (Å²) in [5.74, 6) is -0.201. The van der Waals surface area contributed by atoms with E-state index in [0.29, 0.717) is 28.0 Å². The number of nitrogens with zero attached hydrogens (tertiary/aromatic N) is 2. The second kappa shape index (κ2) is 6.81. The number of carbonyl (C=O) groups excluding carboxylic acids is 3. The first-order valence-electron chi connectivity index (χ1n) is 9.53. The number of hydrogen-bond acceptors (Lipinski definition) is 7. The molecule has 4 heterocycles. The number of aromatic nitrogens is 1. The summed E-state index contributed by atoms with van der Waals surface area (Å²) < 4.78 is 11.1. The Morgan fingerprint density at radius 3 is 2.81 bits per heavy atom. The zero-order chi connectivity index (χ0) is 21.8. The van der Waals surface area contributed by atoms with Gasteiger partial charge in [0.15, 0.2) is 11.1 Å². The first-order chi connectivity index (χ1) is 14.9. The molecule has 1 saturated heterocycles. The number of imide groups is 1. The van der Waals surface area contributed by atoms with Crippen molar-refractivity contribution in [3.63, 3.8) is 0 Å². The molecule has 3 aromatic rings. The van der Waals surface area contributed by atoms with Crippen LogP contribution >= 0.6 is 0 Å². The second-order valence-electron chi connectivity index (χ2n) is 7.49. The monoisotopic (exact) mass is 422 g/mol. The third-order valence-electron chi connectivity index (χ3n) is 5.59. The topological polar surface area (TPSA) is 134 Å². The standard InChI is InChI=1S/C21H18N4O6/c1-30-13-3-2-12-8-25(18(27)14(12)5-13)10-21(19(28)23-20(29)24-21)17-6-15-16(31-17)4-11(9-26)7-22-15/h2-7,26H,8-10H2,1H3,(H2,23,24,28,29). The molecule has 4 amide bonds. The number of benzene rings is 1. The zero-order valence-electron chi connectivity index (χ0n) is 16.5. The van der Waals surface area contributed by atoms with E-state index in [-0.39, 0.29) is 31.4 Å². The fraction of sp³-hybridized carbons (Fsp3) is 0.238. The van der Waals surface area contributed by atoms with Gasteiger partial charge in [0, 0.05) is 24.4 Å². The number of methoxy groups -OCH3 is 1. The van der Waals surface area contributed by atoms with E-state index in [9.17, 15) is 19.5 Å². The number of hydrogen-bond donors (Lipinski definition) is 3. The molecular formula is C21H18N4O6. The molecule has 0 bridgehead atoms. The largest absolute Gasteiger partial charge is 0.497 e. The third kappa shape index (κ3) is 2.91. The van der Waals surface area contributed by atoms with Gasteiger partial charge in [-0.3, -0.25) is 19.9 Å². The molecular weight excluding hydrogens is 404 g/mol. The van der Waals surface area contributed by atoms with E-state index >= 15 is 0 Å². The van der Waals surface area contributed by atoms with Gasteiger partial charge in [0.25, 0.3) is 11.8 Å². The lowest BCUT2D eigenvalue weighted by Crippen LogP contribution is -2.52. The van der Waals surface area contributed by atoms with Crippen LogP contribution in [0.25, 0.3) is 11.1 Å². The number of pyridine rings is 1. The molecule has 1 aromatic carbocycles. The van der Waals surface area contributed by atoms with Crippen LogP contribution < -0.4 is 15.4 Å². The first-order valence-corrected chi connectivity index (χ1v) is 9.53. The molecule has 31 heavy (non-hydrogen) atoms. The molecule has 5 rings (SSSR count). The normalized spacial score (nSPS) is 20.2. The van der Waals surface area contributed by atoms with E-state index in [2.05, 4.69) is 15.6 Å². The lowest BCUT2D eigenvalue weighted by molar-refractivity contribution is -0.125. The molecule has 0 spiro atoms. The van der Waals surface area contributed by atoms with Crippen LogP contribution in [0.2, 0.25) is 0 Å². The molecule has 1 unspecified atom stereocenters. The van der Waals surface area contributed by atoms with E-state index in [0.717, 1.165) is 5.56 Å². The Morgan fingerprint density at radius 1 is 1.26 bits per heavy atom. The molecule has 158 valence electrons. The van der Waals surface area contributed by atoms with Crippen molar-refractivity contribution in [2.24, 2.45) is 0 Å². The van der Waals surface area contributed by atoms with Crippen LogP contribution in [0.5, 0.6) is 5.75 Å². The minimum absolute atomic E-state index is 0.132. The van der Waals surface area contributed by atoms with Crippen LogP contribution in [0.15, 0.2) is 40.9 Å². The van der Waals surface area contributed by atoms with Gasteiger partial charge in [0.1, 0.15) is 17.0 Å². The Labute approximate surface area is 175 Å². The van der Waals surface area contributed by atoms with Crippen LogP contribution in [-0.4, -0.2) is 46.5 Å². The summed E-state index contributed by atoms with van der Waals surface area (Å²) in [6, 6.07) is 7.70. The maximum atomic E-state index is 13.0. The smallest absolute Gasteiger partial charge is 0.322 e. The second-order valence-corrected chi connectivity index (χ2v) is 7.49. The molecule has 3 N–H and O–H groups in total. The molecule has 1 atom stereocenters. The lowest BCUT2D eigenvalue weighted by Gasteiger charge is -2.28. The van der Waals surface area contributed by atoms with Crippen LogP contribution in [-0.2, 0) is 23.5 Å². The predicted octanol–water partition coefficient (Wildman–Crippen LogP) is 1.02. The quantitative estimate of drug-likeness (QED) is 0.523. The molecule has 2 aliphatic heterocycles. The number of furan rings is 1. The highest BCUT2D eigenvalue weighted by Gasteiger charge is 2.53. The Bertz CT molecular complexity index is 1250. The highest BCUT2D eigenvalue weighted by molar-refractivity contribution is 6.08. The summed E-state index contributed by atoms with van der Waals surface area (Å²) in [5, 5.41) is 14.2. The molecule has 10 heteroatoms. The van der Waals surface area contributed by atoms with Crippen molar-refractivity contribution in [3.05, 3.63) is 59.0 Å². The highest BCUT2D eigenvalue weighted by Crippen LogP contribution is 2.34. The maximum absolute atomic E-state index is 13.0. The number of amides is 4. The van der Waals surface area contributed by atoms with Crippen molar-refractivity contribution < 1.29 is 28.6 Å². The SMILES string of the molecule is COc1ccc2c(c1)C(=O)N(CC1(c3cc4ncc(CO)cc4o3)NC(=O)NC1=O)C2. The summed E-state index contributed by atoms with van der Waals surface area (Å²) in [4.78, 5) is 43.7. The first kappa shape index (κ1) is 19.1. The third-order valence-corrected chi connectivity index (χ3v) is 5.59. The van der Waals surface area contributed by atoms with Crippen LogP contribution in [0.4, 0.5) is 4.79 Å². The highest BCUT2D eigenvalue weighted by atomic mass is 16.5. The number of nitrogens with one attached hydrogen (secondary N) is 2. The van der Waals surface area contributed by atoms with Crippen molar-refractivity contribution in [1.82, 2.24) is 20.5 Å². The zero-order valence-corrected chi connectivity index (χ0v) is 16.5. The van der Waals surface area contributed by atoms with Crippen LogP contribution in [0, 0.1) is 0 Å². The molecule has 0 radical (unpaired) electrons. The molecule has 2 aliphatic rings. The molecule has 2 aromatic heterocycles. The van der Waals surface area contributed by atoms with Gasteiger partial charge in [-0.15, -0.1) is 0 Å². The summed E-state index contributed by atoms with van der Waals surface area (Å²) in [7, 11) is 1.52. The molecule has 0 saturated carbocycles. The van der Waals surface area contributed by atoms with Gasteiger partial charge >= 0.3 is 6.03 Å². The van der Waals surface area contributed by atoms with E-state index in [4.69, 9.17) is 9.15 Å². The summed E-state index contributed by atoms with van der Waals surface area (Å²) in [5.41, 5.74) is 1.03. The summed E-state index contributed by atoms with van der Waals surface area (Å²) in [6.07, 6.45) is 1.50. The Balaban J connectivity index is 1.54. The van der Waals surface area contributed by atoms with Gasteiger partial charge in [-0.1, -0.05) is 6.07 Å². The minimum Gasteiger partial charge on any atom is -0.497 e. The number of fused-ring (bicyclic) bond motifs is 2. The lowest BCUT2D eigenvalue weighted by atomic mass is 9.95. The molecule has 10 nitrogen and oxygen atoms in total. The van der Waals surface area contributed by atoms with Gasteiger partial charge in [-0.05, 0) is 29.3 Å². The van der Waals surface area contributed by atoms with E-state index in [1.807, 2.05) is 0 Å². The van der Waals surface area contributed by atoms with Crippen LogP contribution in [0.3, 0.4) is 0 Å². The summed E-state index contributed by atoms with van der Waals surface area (Å²) in [6.45, 7) is -0.0748. The van der Waals surface area contributed by atoms with Crippen molar-refractivity contribution in [2.75, 3.05) is 13.7 Å². The number of aliphatic hydroxyl groups is 1. The van der Waals surface area contributed by atoms with Crippen molar-refractivity contribution in [2.45, 2.75) is 18.7 Å².